The van der Waals surface area contributed by atoms with Crippen molar-refractivity contribution in [1.82, 2.24) is 10.6 Å². The summed E-state index contributed by atoms with van der Waals surface area (Å²) in [7, 11) is 0. The van der Waals surface area contributed by atoms with Crippen LogP contribution in [-0.2, 0) is 9.53 Å². The first kappa shape index (κ1) is 23.6. The van der Waals surface area contributed by atoms with Crippen LogP contribution < -0.4 is 16.0 Å². The zero-order valence-electron chi connectivity index (χ0n) is 15.4. The van der Waals surface area contributed by atoms with Gasteiger partial charge in [-0.25, -0.2) is 4.99 Å². The van der Waals surface area contributed by atoms with E-state index >= 15 is 0 Å². The van der Waals surface area contributed by atoms with Crippen molar-refractivity contribution in [2.24, 2.45) is 10.9 Å². The number of nitrogens with zero attached hydrogens (tertiary/aromatic N) is 1. The normalized spacial score (nSPS) is 11.0. The number of rotatable bonds is 10. The lowest BCUT2D eigenvalue weighted by molar-refractivity contribution is -0.114. The molecule has 0 fully saturated rings. The van der Waals surface area contributed by atoms with Crippen molar-refractivity contribution in [2.75, 3.05) is 38.2 Å². The number of para-hydroxylation sites is 1. The van der Waals surface area contributed by atoms with E-state index in [2.05, 4.69) is 34.8 Å². The Balaban J connectivity index is 0.00000576. The number of hydrogen-bond acceptors (Lipinski definition) is 3. The molecule has 0 saturated heterocycles. The van der Waals surface area contributed by atoms with Crippen molar-refractivity contribution in [3.05, 3.63) is 30.3 Å². The average Bonchev–Trinajstić information content (AvgIpc) is 2.56. The predicted octanol–water partition coefficient (Wildman–Crippen LogP) is 2.86. The number of nitrogens with one attached hydrogen (secondary N) is 3. The Morgan fingerprint density at radius 1 is 1.16 bits per heavy atom. The first-order chi connectivity index (χ1) is 11.6. The number of amides is 1. The van der Waals surface area contributed by atoms with Crippen LogP contribution in [0.25, 0.3) is 0 Å². The monoisotopic (exact) mass is 462 g/mol. The fourth-order valence-corrected chi connectivity index (χ4v) is 1.88. The fraction of sp³-hybridized carbons (Fsp3) is 0.556. The van der Waals surface area contributed by atoms with Crippen LogP contribution >= 0.6 is 24.0 Å². The molecule has 0 spiro atoms. The summed E-state index contributed by atoms with van der Waals surface area (Å²) in [4.78, 5) is 16.2. The summed E-state index contributed by atoms with van der Waals surface area (Å²) in [5.74, 6) is 1.12. The van der Waals surface area contributed by atoms with Crippen molar-refractivity contribution in [1.29, 1.82) is 0 Å². The smallest absolute Gasteiger partial charge is 0.246 e. The SMILES string of the molecule is CCNC(=NCC(=O)Nc1ccccc1)NCCOCCC(C)C.I. The van der Waals surface area contributed by atoms with Gasteiger partial charge in [0.15, 0.2) is 5.96 Å². The predicted molar refractivity (Wildman–Crippen MR) is 115 cm³/mol. The summed E-state index contributed by atoms with van der Waals surface area (Å²) in [6.07, 6.45) is 1.06. The van der Waals surface area contributed by atoms with Gasteiger partial charge >= 0.3 is 0 Å². The highest BCUT2D eigenvalue weighted by Crippen LogP contribution is 2.04. The third-order valence-electron chi connectivity index (χ3n) is 3.16. The molecule has 0 aliphatic carbocycles. The third-order valence-corrected chi connectivity index (χ3v) is 3.16. The number of anilines is 1. The maximum absolute atomic E-state index is 11.9. The van der Waals surface area contributed by atoms with Crippen LogP contribution in [0, 0.1) is 5.92 Å². The summed E-state index contributed by atoms with van der Waals surface area (Å²) >= 11 is 0. The summed E-state index contributed by atoms with van der Waals surface area (Å²) in [6, 6.07) is 9.36. The van der Waals surface area contributed by atoms with Crippen molar-refractivity contribution >= 4 is 41.5 Å². The molecule has 25 heavy (non-hydrogen) atoms. The molecule has 1 amide bonds. The molecular weight excluding hydrogens is 431 g/mol. The van der Waals surface area contributed by atoms with E-state index in [1.54, 1.807) is 0 Å². The Morgan fingerprint density at radius 3 is 2.52 bits per heavy atom. The van der Waals surface area contributed by atoms with Gasteiger partial charge in [0.2, 0.25) is 5.91 Å². The number of ether oxygens (including phenoxy) is 1. The van der Waals surface area contributed by atoms with E-state index in [9.17, 15) is 4.79 Å². The van der Waals surface area contributed by atoms with Gasteiger partial charge in [-0.05, 0) is 31.4 Å². The highest BCUT2D eigenvalue weighted by molar-refractivity contribution is 14.0. The van der Waals surface area contributed by atoms with Crippen molar-refractivity contribution in [3.63, 3.8) is 0 Å². The van der Waals surface area contributed by atoms with Crippen LogP contribution in [-0.4, -0.2) is 44.7 Å². The van der Waals surface area contributed by atoms with Crippen LogP contribution in [0.5, 0.6) is 0 Å². The fourth-order valence-electron chi connectivity index (χ4n) is 1.88. The van der Waals surface area contributed by atoms with Gasteiger partial charge in [-0.1, -0.05) is 32.0 Å². The van der Waals surface area contributed by atoms with Crippen LogP contribution in [0.1, 0.15) is 27.2 Å². The summed E-state index contributed by atoms with van der Waals surface area (Å²) < 4.78 is 5.55. The topological polar surface area (TPSA) is 74.8 Å². The second kappa shape index (κ2) is 14.9. The van der Waals surface area contributed by atoms with Gasteiger partial charge < -0.3 is 20.7 Å². The minimum Gasteiger partial charge on any atom is -0.380 e. The van der Waals surface area contributed by atoms with Gasteiger partial charge in [0.05, 0.1) is 6.61 Å². The number of halogens is 1. The van der Waals surface area contributed by atoms with E-state index in [1.807, 2.05) is 37.3 Å². The maximum Gasteiger partial charge on any atom is 0.246 e. The minimum absolute atomic E-state index is 0. The van der Waals surface area contributed by atoms with Gasteiger partial charge in [0.1, 0.15) is 6.54 Å². The van der Waals surface area contributed by atoms with Crippen LogP contribution in [0.4, 0.5) is 5.69 Å². The van der Waals surface area contributed by atoms with Crippen molar-refractivity contribution in [3.8, 4) is 0 Å². The van der Waals surface area contributed by atoms with Crippen LogP contribution in [0.3, 0.4) is 0 Å². The molecule has 1 rings (SSSR count). The number of carbonyl (C=O) groups is 1. The zero-order valence-corrected chi connectivity index (χ0v) is 17.7. The highest BCUT2D eigenvalue weighted by atomic mass is 127. The van der Waals surface area contributed by atoms with E-state index in [1.165, 1.54) is 0 Å². The Hall–Kier alpha value is -1.35. The standard InChI is InChI=1S/C18H30N4O2.HI/c1-4-19-18(20-11-13-24-12-10-15(2)3)21-14-17(23)22-16-8-6-5-7-9-16;/h5-9,15H,4,10-14H2,1-3H3,(H,22,23)(H2,19,20,21);1H. The molecule has 142 valence electrons. The number of guanidine groups is 1. The molecule has 0 heterocycles. The molecule has 6 nitrogen and oxygen atoms in total. The molecule has 1 aromatic rings. The van der Waals surface area contributed by atoms with E-state index in [-0.39, 0.29) is 36.4 Å². The molecule has 3 N–H and O–H groups in total. The molecular formula is C18H31IN4O2. The number of aliphatic imine (C=N–C) groups is 1. The molecule has 1 aromatic carbocycles. The Morgan fingerprint density at radius 2 is 1.88 bits per heavy atom. The first-order valence-electron chi connectivity index (χ1n) is 8.56. The second-order valence-electron chi connectivity index (χ2n) is 5.83. The number of carbonyl (C=O) groups excluding carboxylic acids is 1. The van der Waals surface area contributed by atoms with Crippen LogP contribution in [0.2, 0.25) is 0 Å². The first-order valence-corrected chi connectivity index (χ1v) is 8.56. The van der Waals surface area contributed by atoms with Gasteiger partial charge in [0, 0.05) is 25.4 Å². The molecule has 7 heteroatoms. The molecule has 0 radical (unpaired) electrons. The average molecular weight is 462 g/mol. The van der Waals surface area contributed by atoms with Crippen molar-refractivity contribution in [2.45, 2.75) is 27.2 Å². The minimum atomic E-state index is -0.147. The molecule has 0 bridgehead atoms. The summed E-state index contributed by atoms with van der Waals surface area (Å²) in [5.41, 5.74) is 0.772. The van der Waals surface area contributed by atoms with Gasteiger partial charge in [0.25, 0.3) is 0 Å². The molecule has 0 unspecified atom stereocenters. The van der Waals surface area contributed by atoms with Crippen molar-refractivity contribution < 1.29 is 9.53 Å². The van der Waals surface area contributed by atoms with E-state index in [0.29, 0.717) is 25.0 Å². The Bertz CT molecular complexity index is 495. The second-order valence-corrected chi connectivity index (χ2v) is 5.83. The van der Waals surface area contributed by atoms with Gasteiger partial charge in [-0.3, -0.25) is 4.79 Å². The Kier molecular flexibility index (Phi) is 14.1. The molecule has 0 atom stereocenters. The molecule has 0 aliphatic rings. The van der Waals surface area contributed by atoms with E-state index in [4.69, 9.17) is 4.74 Å². The third kappa shape index (κ3) is 12.6. The lowest BCUT2D eigenvalue weighted by Crippen LogP contribution is -2.39. The molecule has 0 aromatic heterocycles. The quantitative estimate of drug-likeness (QED) is 0.216. The largest absolute Gasteiger partial charge is 0.380 e. The Labute approximate surface area is 168 Å². The van der Waals surface area contributed by atoms with Gasteiger partial charge in [-0.15, -0.1) is 24.0 Å². The van der Waals surface area contributed by atoms with Crippen LogP contribution in [0.15, 0.2) is 35.3 Å². The molecule has 0 saturated carbocycles. The van der Waals surface area contributed by atoms with E-state index in [0.717, 1.165) is 25.3 Å². The molecule has 0 aliphatic heterocycles. The maximum atomic E-state index is 11.9. The zero-order chi connectivity index (χ0) is 17.6. The summed E-state index contributed by atoms with van der Waals surface area (Å²) in [6.45, 7) is 9.19. The lowest BCUT2D eigenvalue weighted by atomic mass is 10.1. The number of benzene rings is 1. The highest BCUT2D eigenvalue weighted by Gasteiger charge is 2.03. The summed E-state index contributed by atoms with van der Waals surface area (Å²) in [5, 5.41) is 9.08. The lowest BCUT2D eigenvalue weighted by Gasteiger charge is -2.12. The van der Waals surface area contributed by atoms with Gasteiger partial charge in [-0.2, -0.15) is 0 Å². The van der Waals surface area contributed by atoms with E-state index < -0.39 is 0 Å². The number of hydrogen-bond donors (Lipinski definition) is 3.